The van der Waals surface area contributed by atoms with Crippen molar-refractivity contribution in [2.75, 3.05) is 31.1 Å². The summed E-state index contributed by atoms with van der Waals surface area (Å²) < 4.78 is 19.2. The molecule has 2 heterocycles. The molecule has 1 aromatic heterocycles. The van der Waals surface area contributed by atoms with Crippen molar-refractivity contribution in [1.82, 2.24) is 5.32 Å². The SMILES string of the molecule is Cl.Fc1cc2ccoc2cc1N1CCNCC1. The smallest absolute Gasteiger partial charge is 0.147 e. The van der Waals surface area contributed by atoms with E-state index in [0.717, 1.165) is 37.1 Å². The summed E-state index contributed by atoms with van der Waals surface area (Å²) in [5.74, 6) is -0.171. The van der Waals surface area contributed by atoms with Crippen LogP contribution in [0.2, 0.25) is 0 Å². The van der Waals surface area contributed by atoms with E-state index in [1.165, 1.54) is 6.07 Å². The van der Waals surface area contributed by atoms with Crippen LogP contribution < -0.4 is 10.2 Å². The maximum Gasteiger partial charge on any atom is 0.147 e. The average molecular weight is 257 g/mol. The average Bonchev–Trinajstić information content (AvgIpc) is 2.76. The molecule has 1 aromatic carbocycles. The maximum atomic E-state index is 13.9. The van der Waals surface area contributed by atoms with Gasteiger partial charge in [0.2, 0.25) is 0 Å². The number of hydrogen-bond acceptors (Lipinski definition) is 3. The lowest BCUT2D eigenvalue weighted by atomic mass is 10.2. The zero-order chi connectivity index (χ0) is 11.0. The minimum atomic E-state index is -0.171. The number of nitrogens with zero attached hydrogens (tertiary/aromatic N) is 1. The van der Waals surface area contributed by atoms with Crippen LogP contribution in [0.15, 0.2) is 28.9 Å². The Hall–Kier alpha value is -1.26. The molecular weight excluding hydrogens is 243 g/mol. The Morgan fingerprint density at radius 2 is 2.00 bits per heavy atom. The van der Waals surface area contributed by atoms with Crippen LogP contribution in [0.1, 0.15) is 0 Å². The quantitative estimate of drug-likeness (QED) is 0.849. The van der Waals surface area contributed by atoms with Crippen LogP contribution in [-0.4, -0.2) is 26.2 Å². The summed E-state index contributed by atoms with van der Waals surface area (Å²) in [4.78, 5) is 2.05. The molecule has 0 saturated carbocycles. The van der Waals surface area contributed by atoms with Gasteiger partial charge in [-0.3, -0.25) is 0 Å². The van der Waals surface area contributed by atoms with E-state index in [-0.39, 0.29) is 18.2 Å². The van der Waals surface area contributed by atoms with Crippen molar-refractivity contribution in [3.05, 3.63) is 30.3 Å². The van der Waals surface area contributed by atoms with Crippen LogP contribution in [0, 0.1) is 5.82 Å². The van der Waals surface area contributed by atoms with Crippen LogP contribution in [0.4, 0.5) is 10.1 Å². The molecule has 0 aliphatic carbocycles. The van der Waals surface area contributed by atoms with Crippen molar-refractivity contribution in [3.8, 4) is 0 Å². The largest absolute Gasteiger partial charge is 0.464 e. The van der Waals surface area contributed by atoms with Crippen LogP contribution in [0.5, 0.6) is 0 Å². The normalized spacial score (nSPS) is 15.9. The molecule has 2 aromatic rings. The predicted molar refractivity (Wildman–Crippen MR) is 68.5 cm³/mol. The molecule has 0 amide bonds. The van der Waals surface area contributed by atoms with E-state index in [2.05, 4.69) is 5.32 Å². The molecule has 0 radical (unpaired) electrons. The number of rotatable bonds is 1. The van der Waals surface area contributed by atoms with Crippen LogP contribution >= 0.6 is 12.4 Å². The lowest BCUT2D eigenvalue weighted by Gasteiger charge is -2.29. The van der Waals surface area contributed by atoms with E-state index < -0.39 is 0 Å². The van der Waals surface area contributed by atoms with Crippen molar-refractivity contribution >= 4 is 29.1 Å². The first-order chi connectivity index (χ1) is 7.84. The van der Waals surface area contributed by atoms with E-state index in [1.807, 2.05) is 4.90 Å². The third-order valence-corrected chi connectivity index (χ3v) is 2.98. The topological polar surface area (TPSA) is 28.4 Å². The summed E-state index contributed by atoms with van der Waals surface area (Å²) >= 11 is 0. The number of nitrogens with one attached hydrogen (secondary N) is 1. The number of benzene rings is 1. The zero-order valence-corrected chi connectivity index (χ0v) is 10.1. The van der Waals surface area contributed by atoms with Gasteiger partial charge in [0, 0.05) is 37.6 Å². The summed E-state index contributed by atoms with van der Waals surface area (Å²) in [6.07, 6.45) is 1.59. The molecule has 1 aliphatic rings. The molecule has 92 valence electrons. The Labute approximate surface area is 105 Å². The monoisotopic (exact) mass is 256 g/mol. The fourth-order valence-corrected chi connectivity index (χ4v) is 2.12. The molecule has 17 heavy (non-hydrogen) atoms. The Balaban J connectivity index is 0.00000108. The molecule has 1 fully saturated rings. The number of hydrogen-bond donors (Lipinski definition) is 1. The number of anilines is 1. The second-order valence-corrected chi connectivity index (χ2v) is 4.00. The standard InChI is InChI=1S/C12H13FN2O.ClH/c13-10-7-9-1-6-16-12(9)8-11(10)15-4-2-14-3-5-15;/h1,6-8,14H,2-5H2;1H. The summed E-state index contributed by atoms with van der Waals surface area (Å²) in [6.45, 7) is 3.47. The van der Waals surface area contributed by atoms with Gasteiger partial charge in [-0.05, 0) is 12.1 Å². The van der Waals surface area contributed by atoms with Gasteiger partial charge in [0.25, 0.3) is 0 Å². The molecular formula is C12H14ClFN2O. The molecule has 5 heteroatoms. The lowest BCUT2D eigenvalue weighted by molar-refractivity contribution is 0.565. The van der Waals surface area contributed by atoms with Gasteiger partial charge in [-0.25, -0.2) is 4.39 Å². The molecule has 0 spiro atoms. The van der Waals surface area contributed by atoms with Gasteiger partial charge in [0.15, 0.2) is 0 Å². The molecule has 3 rings (SSSR count). The highest BCUT2D eigenvalue weighted by Gasteiger charge is 2.15. The molecule has 0 bridgehead atoms. The first kappa shape index (κ1) is 12.2. The van der Waals surface area contributed by atoms with Crippen LogP contribution in [0.25, 0.3) is 11.0 Å². The Bertz CT molecular complexity index is 508. The van der Waals surface area contributed by atoms with Gasteiger partial charge in [-0.2, -0.15) is 0 Å². The second-order valence-electron chi connectivity index (χ2n) is 4.00. The second kappa shape index (κ2) is 4.94. The van der Waals surface area contributed by atoms with Gasteiger partial charge < -0.3 is 14.6 Å². The molecule has 3 nitrogen and oxygen atoms in total. The van der Waals surface area contributed by atoms with Gasteiger partial charge in [-0.1, -0.05) is 0 Å². The fraction of sp³-hybridized carbons (Fsp3) is 0.333. The van der Waals surface area contributed by atoms with Crippen molar-refractivity contribution < 1.29 is 8.81 Å². The number of fused-ring (bicyclic) bond motifs is 1. The van der Waals surface area contributed by atoms with Crippen LogP contribution in [0.3, 0.4) is 0 Å². The minimum Gasteiger partial charge on any atom is -0.464 e. The maximum absolute atomic E-state index is 13.9. The molecule has 1 N–H and O–H groups in total. The molecule has 1 saturated heterocycles. The summed E-state index contributed by atoms with van der Waals surface area (Å²) in [5.41, 5.74) is 1.39. The van der Waals surface area contributed by atoms with E-state index in [0.29, 0.717) is 5.69 Å². The number of halogens is 2. The third kappa shape index (κ3) is 2.23. The van der Waals surface area contributed by atoms with E-state index in [9.17, 15) is 4.39 Å². The van der Waals surface area contributed by atoms with Gasteiger partial charge in [0.1, 0.15) is 11.4 Å². The first-order valence-corrected chi connectivity index (χ1v) is 5.47. The Kier molecular flexibility index (Phi) is 3.54. The van der Waals surface area contributed by atoms with E-state index in [4.69, 9.17) is 4.42 Å². The van der Waals surface area contributed by atoms with Gasteiger partial charge >= 0.3 is 0 Å². The first-order valence-electron chi connectivity index (χ1n) is 5.47. The van der Waals surface area contributed by atoms with E-state index in [1.54, 1.807) is 18.4 Å². The zero-order valence-electron chi connectivity index (χ0n) is 9.28. The fourth-order valence-electron chi connectivity index (χ4n) is 2.12. The molecule has 1 aliphatic heterocycles. The van der Waals surface area contributed by atoms with Crippen LogP contribution in [-0.2, 0) is 0 Å². The highest BCUT2D eigenvalue weighted by molar-refractivity contribution is 5.85. The molecule has 0 atom stereocenters. The highest BCUT2D eigenvalue weighted by Crippen LogP contribution is 2.26. The van der Waals surface area contributed by atoms with Crippen molar-refractivity contribution in [2.24, 2.45) is 0 Å². The number of piperazine rings is 1. The Morgan fingerprint density at radius 1 is 1.24 bits per heavy atom. The van der Waals surface area contributed by atoms with Crippen molar-refractivity contribution in [1.29, 1.82) is 0 Å². The summed E-state index contributed by atoms with van der Waals surface area (Å²) in [5, 5.41) is 4.06. The summed E-state index contributed by atoms with van der Waals surface area (Å²) in [7, 11) is 0. The minimum absolute atomic E-state index is 0. The highest BCUT2D eigenvalue weighted by atomic mass is 35.5. The Morgan fingerprint density at radius 3 is 2.76 bits per heavy atom. The third-order valence-electron chi connectivity index (χ3n) is 2.98. The van der Waals surface area contributed by atoms with Crippen molar-refractivity contribution in [3.63, 3.8) is 0 Å². The predicted octanol–water partition coefficient (Wildman–Crippen LogP) is 2.40. The lowest BCUT2D eigenvalue weighted by Crippen LogP contribution is -2.43. The van der Waals surface area contributed by atoms with Crippen molar-refractivity contribution in [2.45, 2.75) is 0 Å². The van der Waals surface area contributed by atoms with Gasteiger partial charge in [-0.15, -0.1) is 12.4 Å². The number of furan rings is 1. The van der Waals surface area contributed by atoms with Gasteiger partial charge in [0.05, 0.1) is 12.0 Å². The van der Waals surface area contributed by atoms with E-state index >= 15 is 0 Å². The molecule has 0 unspecified atom stereocenters. The summed E-state index contributed by atoms with van der Waals surface area (Å²) in [6, 6.07) is 5.10.